The van der Waals surface area contributed by atoms with Crippen LogP contribution in [0.1, 0.15) is 64.5 Å². The molecule has 1 aromatic carbocycles. The van der Waals surface area contributed by atoms with Crippen molar-refractivity contribution in [2.75, 3.05) is 6.61 Å². The van der Waals surface area contributed by atoms with Gasteiger partial charge in [0.2, 0.25) is 0 Å². The highest BCUT2D eigenvalue weighted by Gasteiger charge is 2.21. The zero-order valence-corrected chi connectivity index (χ0v) is 14.1. The Morgan fingerprint density at radius 1 is 1.15 bits per heavy atom. The molecule has 0 spiro atoms. The zero-order chi connectivity index (χ0) is 15.3. The van der Waals surface area contributed by atoms with Crippen LogP contribution >= 0.6 is 11.6 Å². The second-order valence-corrected chi connectivity index (χ2v) is 5.91. The summed E-state index contributed by atoms with van der Waals surface area (Å²) in [4.78, 5) is 0. The van der Waals surface area contributed by atoms with E-state index in [4.69, 9.17) is 16.3 Å². The van der Waals surface area contributed by atoms with Crippen LogP contribution in [0.15, 0.2) is 12.1 Å². The van der Waals surface area contributed by atoms with Crippen LogP contribution < -0.4 is 4.74 Å². The average molecular weight is 293 g/mol. The first-order valence-electron chi connectivity index (χ1n) is 7.30. The van der Waals surface area contributed by atoms with E-state index in [0.29, 0.717) is 18.4 Å². The van der Waals surface area contributed by atoms with E-state index in [1.165, 1.54) is 11.1 Å². The fourth-order valence-electron chi connectivity index (χ4n) is 2.34. The summed E-state index contributed by atoms with van der Waals surface area (Å²) in [5, 5.41) is 0.774. The quantitative estimate of drug-likeness (QED) is 0.640. The molecule has 0 N–H and O–H groups in total. The van der Waals surface area contributed by atoms with Crippen LogP contribution in [0.25, 0.3) is 0 Å². The summed E-state index contributed by atoms with van der Waals surface area (Å²) in [6.07, 6.45) is 0. The van der Waals surface area contributed by atoms with Gasteiger partial charge in [-0.05, 0) is 48.9 Å². The number of hydrogen-bond acceptors (Lipinski definition) is 1. The Bertz CT molecular complexity index is 508. The maximum Gasteiger partial charge on any atom is 0.126 e. The maximum absolute atomic E-state index is 6.30. The normalized spacial score (nSPS) is 13.6. The van der Waals surface area contributed by atoms with E-state index in [-0.39, 0.29) is 5.92 Å². The van der Waals surface area contributed by atoms with Crippen LogP contribution in [0.3, 0.4) is 0 Å². The lowest BCUT2D eigenvalue weighted by atomic mass is 9.86. The van der Waals surface area contributed by atoms with E-state index < -0.39 is 0 Å². The smallest absolute Gasteiger partial charge is 0.126 e. The third-order valence-corrected chi connectivity index (χ3v) is 3.85. The minimum atomic E-state index is 0.276. The van der Waals surface area contributed by atoms with Crippen LogP contribution in [0.5, 0.6) is 5.75 Å². The van der Waals surface area contributed by atoms with E-state index in [1.54, 1.807) is 0 Å². The number of halogens is 1. The van der Waals surface area contributed by atoms with E-state index in [9.17, 15) is 0 Å². The van der Waals surface area contributed by atoms with Crippen molar-refractivity contribution in [3.05, 3.63) is 28.3 Å². The predicted molar refractivity (Wildman–Crippen MR) is 87.7 cm³/mol. The highest BCUT2D eigenvalue weighted by Crippen LogP contribution is 2.39. The molecule has 0 heterocycles. The Kier molecular flexibility index (Phi) is 6.43. The first-order valence-corrected chi connectivity index (χ1v) is 7.68. The summed E-state index contributed by atoms with van der Waals surface area (Å²) in [6, 6.07) is 4.04. The first kappa shape index (κ1) is 16.9. The lowest BCUT2D eigenvalue weighted by molar-refractivity contribution is 0.327. The SMILES string of the molecule is CC#CC(C)C(C)c1cc(Cl)cc(C(C)C)c1OCC. The molecule has 0 saturated carbocycles. The summed E-state index contributed by atoms with van der Waals surface area (Å²) >= 11 is 6.30. The Morgan fingerprint density at radius 2 is 1.75 bits per heavy atom. The molecule has 0 radical (unpaired) electrons. The molecular formula is C18H25ClO. The molecule has 2 atom stereocenters. The van der Waals surface area contributed by atoms with Crippen LogP contribution in [0, 0.1) is 17.8 Å². The molecule has 0 saturated heterocycles. The monoisotopic (exact) mass is 292 g/mol. The minimum absolute atomic E-state index is 0.276. The molecule has 0 aliphatic carbocycles. The van der Waals surface area contributed by atoms with E-state index in [2.05, 4.69) is 39.5 Å². The molecule has 1 aromatic rings. The largest absolute Gasteiger partial charge is 0.493 e. The molecule has 20 heavy (non-hydrogen) atoms. The van der Waals surface area contributed by atoms with Gasteiger partial charge in [0.1, 0.15) is 5.75 Å². The van der Waals surface area contributed by atoms with Crippen molar-refractivity contribution in [1.82, 2.24) is 0 Å². The molecule has 0 fully saturated rings. The van der Waals surface area contributed by atoms with Gasteiger partial charge in [-0.1, -0.05) is 45.2 Å². The molecule has 0 bridgehead atoms. The van der Waals surface area contributed by atoms with Gasteiger partial charge in [0, 0.05) is 10.9 Å². The van der Waals surface area contributed by atoms with Crippen LogP contribution in [0.2, 0.25) is 5.02 Å². The average Bonchev–Trinajstić information content (AvgIpc) is 2.39. The van der Waals surface area contributed by atoms with Crippen LogP contribution in [0.4, 0.5) is 0 Å². The first-order chi connectivity index (χ1) is 9.42. The number of ether oxygens (including phenoxy) is 1. The minimum Gasteiger partial charge on any atom is -0.493 e. The number of hydrogen-bond donors (Lipinski definition) is 0. The third kappa shape index (κ3) is 3.93. The lowest BCUT2D eigenvalue weighted by Gasteiger charge is -2.23. The number of benzene rings is 1. The van der Waals surface area contributed by atoms with Gasteiger partial charge >= 0.3 is 0 Å². The van der Waals surface area contributed by atoms with E-state index >= 15 is 0 Å². The van der Waals surface area contributed by atoms with Crippen LogP contribution in [-0.4, -0.2) is 6.61 Å². The fraction of sp³-hybridized carbons (Fsp3) is 0.556. The topological polar surface area (TPSA) is 9.23 Å². The molecule has 2 heteroatoms. The summed E-state index contributed by atoms with van der Waals surface area (Å²) in [6.45, 7) is 13.2. The zero-order valence-electron chi connectivity index (χ0n) is 13.4. The van der Waals surface area contributed by atoms with Gasteiger partial charge < -0.3 is 4.74 Å². The molecule has 0 amide bonds. The summed E-state index contributed by atoms with van der Waals surface area (Å²) in [5.41, 5.74) is 2.34. The van der Waals surface area contributed by atoms with Gasteiger partial charge in [0.05, 0.1) is 6.61 Å². The Hall–Kier alpha value is -1.13. The van der Waals surface area contributed by atoms with Gasteiger partial charge in [-0.3, -0.25) is 0 Å². The number of rotatable bonds is 5. The van der Waals surface area contributed by atoms with E-state index in [1.807, 2.05) is 26.0 Å². The van der Waals surface area contributed by atoms with Gasteiger partial charge in [-0.15, -0.1) is 5.92 Å². The Balaban J connectivity index is 3.38. The summed E-state index contributed by atoms with van der Waals surface area (Å²) < 4.78 is 5.93. The second-order valence-electron chi connectivity index (χ2n) is 5.47. The molecule has 0 aliphatic rings. The van der Waals surface area contributed by atoms with Crippen molar-refractivity contribution in [2.24, 2.45) is 5.92 Å². The maximum atomic E-state index is 6.30. The summed E-state index contributed by atoms with van der Waals surface area (Å²) in [7, 11) is 0. The lowest BCUT2D eigenvalue weighted by Crippen LogP contribution is -2.09. The van der Waals surface area contributed by atoms with Crippen molar-refractivity contribution < 1.29 is 4.74 Å². The standard InChI is InChI=1S/C18H25ClO/c1-7-9-13(5)14(6)17-11-15(19)10-16(12(3)4)18(17)20-8-2/h10-14H,8H2,1-6H3. The Labute approximate surface area is 128 Å². The summed E-state index contributed by atoms with van der Waals surface area (Å²) in [5.74, 6) is 8.17. The molecule has 1 rings (SSSR count). The molecule has 0 aliphatic heterocycles. The van der Waals surface area contributed by atoms with Crippen molar-refractivity contribution in [1.29, 1.82) is 0 Å². The van der Waals surface area contributed by atoms with Gasteiger partial charge in [-0.2, -0.15) is 0 Å². The molecule has 110 valence electrons. The van der Waals surface area contributed by atoms with Gasteiger partial charge in [-0.25, -0.2) is 0 Å². The fourth-order valence-corrected chi connectivity index (χ4v) is 2.57. The second kappa shape index (κ2) is 7.60. The molecular weight excluding hydrogens is 268 g/mol. The highest BCUT2D eigenvalue weighted by molar-refractivity contribution is 6.30. The third-order valence-electron chi connectivity index (χ3n) is 3.63. The molecule has 0 aromatic heterocycles. The predicted octanol–water partition coefficient (Wildman–Crippen LogP) is 5.63. The van der Waals surface area contributed by atoms with Crippen molar-refractivity contribution in [3.8, 4) is 17.6 Å². The van der Waals surface area contributed by atoms with Gasteiger partial charge in [0.25, 0.3) is 0 Å². The molecule has 1 nitrogen and oxygen atoms in total. The van der Waals surface area contributed by atoms with Crippen molar-refractivity contribution in [3.63, 3.8) is 0 Å². The highest BCUT2D eigenvalue weighted by atomic mass is 35.5. The van der Waals surface area contributed by atoms with E-state index in [0.717, 1.165) is 10.8 Å². The Morgan fingerprint density at radius 3 is 2.25 bits per heavy atom. The van der Waals surface area contributed by atoms with Crippen molar-refractivity contribution in [2.45, 2.75) is 53.4 Å². The van der Waals surface area contributed by atoms with Crippen molar-refractivity contribution >= 4 is 11.6 Å². The van der Waals surface area contributed by atoms with Gasteiger partial charge in [0.15, 0.2) is 0 Å². The van der Waals surface area contributed by atoms with Crippen LogP contribution in [-0.2, 0) is 0 Å². The molecule has 2 unspecified atom stereocenters.